The number of aromatic nitrogens is 1. The van der Waals surface area contributed by atoms with Gasteiger partial charge in [0.05, 0.1) is 0 Å². The molecule has 2 heterocycles. The van der Waals surface area contributed by atoms with Gasteiger partial charge in [-0.15, -0.1) is 0 Å². The standard InChI is InChI=1S/C22H22IN3O3/c1-13-11-15(14(2)25(13)18-9-7-16(23)8-10-18)12-19-20(27)24-22(29)26(21(19)28)17-5-3-4-6-17/h7-12,17H,3-6H2,1-2H3,(H,24,27,29)/b19-12-. The molecular weight excluding hydrogens is 481 g/mol. The van der Waals surface area contributed by atoms with Crippen molar-refractivity contribution in [3.05, 3.63) is 56.4 Å². The molecular formula is C22H22IN3O3. The van der Waals surface area contributed by atoms with E-state index < -0.39 is 17.8 Å². The number of nitrogens with one attached hydrogen (secondary N) is 1. The Morgan fingerprint density at radius 2 is 1.72 bits per heavy atom. The van der Waals surface area contributed by atoms with Crippen molar-refractivity contribution in [2.24, 2.45) is 0 Å². The third-order valence-electron chi connectivity index (χ3n) is 5.68. The number of amides is 4. The van der Waals surface area contributed by atoms with Gasteiger partial charge < -0.3 is 4.57 Å². The second kappa shape index (κ2) is 7.78. The van der Waals surface area contributed by atoms with Gasteiger partial charge in [-0.2, -0.15) is 0 Å². The van der Waals surface area contributed by atoms with E-state index >= 15 is 0 Å². The van der Waals surface area contributed by atoms with E-state index in [1.54, 1.807) is 6.08 Å². The van der Waals surface area contributed by atoms with Gasteiger partial charge in [-0.25, -0.2) is 4.79 Å². The largest absolute Gasteiger partial charge is 0.331 e. The van der Waals surface area contributed by atoms with Crippen molar-refractivity contribution in [2.45, 2.75) is 45.6 Å². The SMILES string of the molecule is Cc1cc(/C=C2/C(=O)NC(=O)N(C3CCCC3)C2=O)c(C)n1-c1ccc(I)cc1. The number of urea groups is 1. The van der Waals surface area contributed by atoms with Crippen molar-refractivity contribution >= 4 is 46.5 Å². The zero-order valence-electron chi connectivity index (χ0n) is 16.4. The zero-order valence-corrected chi connectivity index (χ0v) is 18.5. The first-order chi connectivity index (χ1) is 13.9. The van der Waals surface area contributed by atoms with E-state index in [9.17, 15) is 14.4 Å². The van der Waals surface area contributed by atoms with Crippen LogP contribution in [0.25, 0.3) is 11.8 Å². The lowest BCUT2D eigenvalue weighted by atomic mass is 10.1. The summed E-state index contributed by atoms with van der Waals surface area (Å²) in [5.74, 6) is -1.13. The number of hydrogen-bond donors (Lipinski definition) is 1. The van der Waals surface area contributed by atoms with Gasteiger partial charge in [0.2, 0.25) is 0 Å². The predicted molar refractivity (Wildman–Crippen MR) is 119 cm³/mol. The quantitative estimate of drug-likeness (QED) is 0.390. The van der Waals surface area contributed by atoms with Gasteiger partial charge in [0.15, 0.2) is 0 Å². The van der Waals surface area contributed by atoms with Gasteiger partial charge in [0.1, 0.15) is 5.57 Å². The van der Waals surface area contributed by atoms with E-state index in [-0.39, 0.29) is 11.6 Å². The van der Waals surface area contributed by atoms with Gasteiger partial charge in [0.25, 0.3) is 11.8 Å². The minimum Gasteiger partial charge on any atom is -0.318 e. The summed E-state index contributed by atoms with van der Waals surface area (Å²) >= 11 is 2.27. The van der Waals surface area contributed by atoms with Crippen molar-refractivity contribution < 1.29 is 14.4 Å². The number of aryl methyl sites for hydroxylation is 1. The Balaban J connectivity index is 1.72. The van der Waals surface area contributed by atoms with Crippen molar-refractivity contribution in [3.63, 3.8) is 0 Å². The first kappa shape index (κ1) is 19.9. The van der Waals surface area contributed by atoms with Gasteiger partial charge in [-0.05, 0) is 91.3 Å². The number of rotatable bonds is 3. The molecule has 150 valence electrons. The van der Waals surface area contributed by atoms with E-state index in [0.29, 0.717) is 0 Å². The highest BCUT2D eigenvalue weighted by atomic mass is 127. The Bertz CT molecular complexity index is 1030. The summed E-state index contributed by atoms with van der Waals surface area (Å²) in [7, 11) is 0. The lowest BCUT2D eigenvalue weighted by molar-refractivity contribution is -0.131. The molecule has 1 saturated heterocycles. The van der Waals surface area contributed by atoms with Crippen LogP contribution < -0.4 is 5.32 Å². The summed E-state index contributed by atoms with van der Waals surface area (Å²) in [5, 5.41) is 2.34. The average molecular weight is 503 g/mol. The normalized spacial score (nSPS) is 19.3. The molecule has 1 aliphatic carbocycles. The molecule has 2 aromatic rings. The Hall–Kier alpha value is -2.42. The first-order valence-corrected chi connectivity index (χ1v) is 10.8. The predicted octanol–water partition coefficient (Wildman–Crippen LogP) is 4.10. The molecule has 1 aromatic heterocycles. The van der Waals surface area contributed by atoms with E-state index in [1.807, 2.05) is 44.2 Å². The fourth-order valence-electron chi connectivity index (χ4n) is 4.24. The Kier molecular flexibility index (Phi) is 5.33. The number of barbiturate groups is 1. The molecule has 1 N–H and O–H groups in total. The van der Waals surface area contributed by atoms with Crippen LogP contribution in [-0.4, -0.2) is 33.4 Å². The minimum absolute atomic E-state index is 0.0133. The summed E-state index contributed by atoms with van der Waals surface area (Å²) < 4.78 is 3.24. The number of hydrogen-bond acceptors (Lipinski definition) is 3. The van der Waals surface area contributed by atoms with Crippen LogP contribution in [0, 0.1) is 17.4 Å². The average Bonchev–Trinajstić information content (AvgIpc) is 3.28. The topological polar surface area (TPSA) is 71.4 Å². The molecule has 0 unspecified atom stereocenters. The molecule has 0 radical (unpaired) electrons. The molecule has 4 rings (SSSR count). The maximum atomic E-state index is 13.0. The van der Waals surface area contributed by atoms with Crippen molar-refractivity contribution in [2.75, 3.05) is 0 Å². The maximum Gasteiger partial charge on any atom is 0.331 e. The third kappa shape index (κ3) is 3.63. The highest BCUT2D eigenvalue weighted by Gasteiger charge is 2.40. The third-order valence-corrected chi connectivity index (χ3v) is 6.40. The number of imide groups is 2. The molecule has 4 amide bonds. The Morgan fingerprint density at radius 1 is 1.07 bits per heavy atom. The monoisotopic (exact) mass is 503 g/mol. The lowest BCUT2D eigenvalue weighted by Gasteiger charge is -2.31. The van der Waals surface area contributed by atoms with Crippen LogP contribution in [0.15, 0.2) is 35.9 Å². The molecule has 1 aliphatic heterocycles. The number of carbonyl (C=O) groups is 3. The van der Waals surface area contributed by atoms with Crippen molar-refractivity contribution in [1.82, 2.24) is 14.8 Å². The van der Waals surface area contributed by atoms with E-state index in [4.69, 9.17) is 0 Å². The molecule has 2 aliphatic rings. The number of carbonyl (C=O) groups excluding carboxylic acids is 3. The van der Waals surface area contributed by atoms with Crippen molar-refractivity contribution in [3.8, 4) is 5.69 Å². The summed E-state index contributed by atoms with van der Waals surface area (Å²) in [5.41, 5.74) is 3.76. The number of nitrogens with zero attached hydrogens (tertiary/aromatic N) is 2. The Morgan fingerprint density at radius 3 is 2.38 bits per heavy atom. The van der Waals surface area contributed by atoms with Crippen LogP contribution in [0.3, 0.4) is 0 Å². The van der Waals surface area contributed by atoms with Crippen LogP contribution in [0.4, 0.5) is 4.79 Å². The highest BCUT2D eigenvalue weighted by Crippen LogP contribution is 2.28. The zero-order chi connectivity index (χ0) is 20.7. The van der Waals surface area contributed by atoms with Gasteiger partial charge >= 0.3 is 6.03 Å². The molecule has 0 spiro atoms. The molecule has 1 saturated carbocycles. The first-order valence-electron chi connectivity index (χ1n) is 9.72. The number of halogens is 1. The second-order valence-electron chi connectivity index (χ2n) is 7.57. The van der Waals surface area contributed by atoms with E-state index in [2.05, 4.69) is 32.5 Å². The van der Waals surface area contributed by atoms with Gasteiger partial charge in [-0.1, -0.05) is 12.8 Å². The second-order valence-corrected chi connectivity index (χ2v) is 8.81. The molecule has 6 nitrogen and oxygen atoms in total. The van der Waals surface area contributed by atoms with Crippen LogP contribution >= 0.6 is 22.6 Å². The van der Waals surface area contributed by atoms with Crippen LogP contribution in [0.1, 0.15) is 42.6 Å². The molecule has 1 aromatic carbocycles. The fraction of sp³-hybridized carbons (Fsp3) is 0.318. The molecule has 0 bridgehead atoms. The Labute approximate surface area is 183 Å². The van der Waals surface area contributed by atoms with E-state index in [0.717, 1.165) is 51.9 Å². The van der Waals surface area contributed by atoms with Crippen LogP contribution in [-0.2, 0) is 9.59 Å². The molecule has 2 fully saturated rings. The van der Waals surface area contributed by atoms with E-state index in [1.165, 1.54) is 4.90 Å². The lowest BCUT2D eigenvalue weighted by Crippen LogP contribution is -2.57. The maximum absolute atomic E-state index is 13.0. The molecule has 7 heteroatoms. The minimum atomic E-state index is -0.631. The summed E-state index contributed by atoms with van der Waals surface area (Å²) in [6, 6.07) is 9.38. The summed E-state index contributed by atoms with van der Waals surface area (Å²) in [6.45, 7) is 3.95. The van der Waals surface area contributed by atoms with Crippen molar-refractivity contribution in [1.29, 1.82) is 0 Å². The molecule has 29 heavy (non-hydrogen) atoms. The molecule has 0 atom stereocenters. The summed E-state index contributed by atoms with van der Waals surface area (Å²) in [4.78, 5) is 39.0. The van der Waals surface area contributed by atoms with Gasteiger partial charge in [0, 0.05) is 26.7 Å². The fourth-order valence-corrected chi connectivity index (χ4v) is 4.60. The van der Waals surface area contributed by atoms with Crippen LogP contribution in [0.2, 0.25) is 0 Å². The smallest absolute Gasteiger partial charge is 0.318 e. The van der Waals surface area contributed by atoms with Crippen LogP contribution in [0.5, 0.6) is 0 Å². The summed E-state index contributed by atoms with van der Waals surface area (Å²) in [6.07, 6.45) is 5.18. The van der Waals surface area contributed by atoms with Gasteiger partial charge in [-0.3, -0.25) is 19.8 Å². The number of benzene rings is 1. The highest BCUT2D eigenvalue weighted by molar-refractivity contribution is 14.1.